The normalized spacial score (nSPS) is 22.2. The molecular formula is C31H37N7O5. The molecule has 2 aliphatic heterocycles. The second-order valence-corrected chi connectivity index (χ2v) is 11.1. The van der Waals surface area contributed by atoms with Crippen molar-refractivity contribution >= 4 is 40.2 Å². The molecule has 12 heteroatoms. The summed E-state index contributed by atoms with van der Waals surface area (Å²) in [6.45, 7) is 0.344. The third-order valence-corrected chi connectivity index (χ3v) is 7.92. The van der Waals surface area contributed by atoms with E-state index >= 15 is 0 Å². The maximum atomic E-state index is 13.7. The molecule has 2 aromatic carbocycles. The van der Waals surface area contributed by atoms with Gasteiger partial charge in [0.1, 0.15) is 12.1 Å². The summed E-state index contributed by atoms with van der Waals surface area (Å²) in [4.78, 5) is 57.7. The smallest absolute Gasteiger partial charge is 0.249 e. The fourth-order valence-corrected chi connectivity index (χ4v) is 5.69. The van der Waals surface area contributed by atoms with Gasteiger partial charge in [0, 0.05) is 30.6 Å². The lowest BCUT2D eigenvalue weighted by molar-refractivity contribution is -0.138. The Hall–Kier alpha value is -4.39. The number of fused-ring (bicyclic) bond motifs is 1. The quantitative estimate of drug-likeness (QED) is 0.193. The summed E-state index contributed by atoms with van der Waals surface area (Å²) in [6, 6.07) is 16.6. The van der Waals surface area contributed by atoms with Crippen molar-refractivity contribution in [3.05, 3.63) is 72.4 Å². The number of pyridine rings is 1. The summed E-state index contributed by atoms with van der Waals surface area (Å²) < 4.78 is 0. The van der Waals surface area contributed by atoms with Crippen LogP contribution < -0.4 is 27.0 Å². The predicted octanol–water partition coefficient (Wildman–Crippen LogP) is 0.0581. The van der Waals surface area contributed by atoms with Gasteiger partial charge in [-0.1, -0.05) is 48.5 Å². The Labute approximate surface area is 249 Å². The summed E-state index contributed by atoms with van der Waals surface area (Å²) in [6.07, 6.45) is 1.63. The monoisotopic (exact) mass is 587 g/mol. The first kappa shape index (κ1) is 30.1. The van der Waals surface area contributed by atoms with E-state index in [4.69, 9.17) is 5.73 Å². The lowest BCUT2D eigenvalue weighted by Crippen LogP contribution is -2.50. The van der Waals surface area contributed by atoms with Gasteiger partial charge in [-0.2, -0.15) is 0 Å². The number of aromatic nitrogens is 1. The van der Waals surface area contributed by atoms with Crippen molar-refractivity contribution < 1.29 is 24.3 Å². The molecule has 7 N–H and O–H groups in total. The summed E-state index contributed by atoms with van der Waals surface area (Å²) in [5.74, 6) is -1.56. The number of carbonyl (C=O) groups excluding carboxylic acids is 4. The molecule has 0 aliphatic carbocycles. The highest BCUT2D eigenvalue weighted by atomic mass is 16.3. The standard InChI is InChI=1S/C31H37N7O5/c32-15-28(40)35-22-13-25(34-17-22)31(43)38-18-23(37-30(42)27(39)11-10-19-6-2-1-3-7-19)14-26(38)29(41)36-21-12-20-8-4-5-9-24(20)33-16-21/h1-9,12,16,22-23,25-27,34,39H,10-11,13-15,17-18,32H2,(H,35,40)(H,36,41)(H,37,42)/t22-,23+,25-,26-,27?/m0/s1. The average Bonchev–Trinajstić information content (AvgIpc) is 3.67. The third-order valence-electron chi connectivity index (χ3n) is 7.92. The van der Waals surface area contributed by atoms with E-state index in [0.717, 1.165) is 16.5 Å². The summed E-state index contributed by atoms with van der Waals surface area (Å²) in [5, 5.41) is 23.0. The molecule has 1 unspecified atom stereocenters. The number of aliphatic hydroxyl groups is 1. The molecule has 3 aromatic rings. The molecule has 226 valence electrons. The highest BCUT2D eigenvalue weighted by molar-refractivity contribution is 5.99. The van der Waals surface area contributed by atoms with Crippen molar-refractivity contribution in [1.29, 1.82) is 0 Å². The van der Waals surface area contributed by atoms with Crippen molar-refractivity contribution in [2.24, 2.45) is 5.73 Å². The molecule has 0 spiro atoms. The molecule has 0 saturated carbocycles. The van der Waals surface area contributed by atoms with Gasteiger partial charge in [-0.3, -0.25) is 24.2 Å². The lowest BCUT2D eigenvalue weighted by Gasteiger charge is -2.26. The van der Waals surface area contributed by atoms with Crippen LogP contribution in [0.15, 0.2) is 66.9 Å². The van der Waals surface area contributed by atoms with Gasteiger partial charge in [-0.25, -0.2) is 0 Å². The molecule has 0 bridgehead atoms. The van der Waals surface area contributed by atoms with Crippen molar-refractivity contribution in [1.82, 2.24) is 25.8 Å². The maximum absolute atomic E-state index is 13.7. The Kier molecular flexibility index (Phi) is 9.60. The number of benzene rings is 2. The molecule has 3 heterocycles. The van der Waals surface area contributed by atoms with E-state index in [1.807, 2.05) is 60.7 Å². The second-order valence-electron chi connectivity index (χ2n) is 11.1. The molecule has 0 radical (unpaired) electrons. The number of amides is 4. The van der Waals surface area contributed by atoms with Crippen LogP contribution in [0.5, 0.6) is 0 Å². The summed E-state index contributed by atoms with van der Waals surface area (Å²) in [5.41, 5.74) is 7.69. The third kappa shape index (κ3) is 7.53. The zero-order valence-corrected chi connectivity index (χ0v) is 23.7. The van der Waals surface area contributed by atoms with Crippen LogP contribution in [0.2, 0.25) is 0 Å². The van der Waals surface area contributed by atoms with E-state index in [2.05, 4.69) is 26.3 Å². The van der Waals surface area contributed by atoms with Crippen LogP contribution in [0.4, 0.5) is 5.69 Å². The van der Waals surface area contributed by atoms with Crippen molar-refractivity contribution in [3.63, 3.8) is 0 Å². The van der Waals surface area contributed by atoms with Crippen molar-refractivity contribution in [2.75, 3.05) is 25.0 Å². The number of likely N-dealkylation sites (tertiary alicyclic amines) is 1. The zero-order chi connectivity index (χ0) is 30.3. The highest BCUT2D eigenvalue weighted by Gasteiger charge is 2.44. The maximum Gasteiger partial charge on any atom is 0.249 e. The van der Waals surface area contributed by atoms with Gasteiger partial charge < -0.3 is 37.0 Å². The Morgan fingerprint density at radius 1 is 1.02 bits per heavy atom. The molecule has 1 aromatic heterocycles. The number of hydrogen-bond donors (Lipinski definition) is 6. The largest absolute Gasteiger partial charge is 0.383 e. The van der Waals surface area contributed by atoms with Crippen LogP contribution in [-0.2, 0) is 25.6 Å². The Morgan fingerprint density at radius 2 is 1.79 bits per heavy atom. The number of aliphatic hydroxyl groups excluding tert-OH is 1. The number of carbonyl (C=O) groups is 4. The molecule has 2 aliphatic rings. The molecule has 43 heavy (non-hydrogen) atoms. The van der Waals surface area contributed by atoms with Gasteiger partial charge in [0.15, 0.2) is 0 Å². The van der Waals surface area contributed by atoms with Gasteiger partial charge in [0.2, 0.25) is 23.6 Å². The lowest BCUT2D eigenvalue weighted by atomic mass is 10.1. The van der Waals surface area contributed by atoms with Crippen molar-refractivity contribution in [3.8, 4) is 0 Å². The van der Waals surface area contributed by atoms with E-state index in [0.29, 0.717) is 25.1 Å². The van der Waals surface area contributed by atoms with Crippen LogP contribution in [0, 0.1) is 0 Å². The minimum absolute atomic E-state index is 0.0992. The van der Waals surface area contributed by atoms with E-state index in [9.17, 15) is 24.3 Å². The first-order chi connectivity index (χ1) is 20.8. The minimum Gasteiger partial charge on any atom is -0.383 e. The summed E-state index contributed by atoms with van der Waals surface area (Å²) in [7, 11) is 0. The first-order valence-corrected chi connectivity index (χ1v) is 14.5. The molecular weight excluding hydrogens is 550 g/mol. The topological polar surface area (TPSA) is 179 Å². The van der Waals surface area contributed by atoms with Gasteiger partial charge in [0.05, 0.1) is 30.0 Å². The molecule has 5 atom stereocenters. The number of nitrogens with zero attached hydrogens (tertiary/aromatic N) is 2. The van der Waals surface area contributed by atoms with Gasteiger partial charge in [0.25, 0.3) is 0 Å². The second kappa shape index (κ2) is 13.7. The van der Waals surface area contributed by atoms with E-state index in [1.165, 1.54) is 4.90 Å². The van der Waals surface area contributed by atoms with Gasteiger partial charge in [-0.05, 0) is 43.4 Å². The Balaban J connectivity index is 1.26. The van der Waals surface area contributed by atoms with Crippen molar-refractivity contribution in [2.45, 2.75) is 56.0 Å². The first-order valence-electron chi connectivity index (χ1n) is 14.5. The molecule has 5 rings (SSSR count). The Morgan fingerprint density at radius 3 is 2.58 bits per heavy atom. The fraction of sp³-hybridized carbons (Fsp3) is 0.387. The van der Waals surface area contributed by atoms with E-state index < -0.39 is 36.0 Å². The van der Waals surface area contributed by atoms with Crippen LogP contribution >= 0.6 is 0 Å². The number of aryl methyl sites for hydroxylation is 1. The van der Waals surface area contributed by atoms with Gasteiger partial charge >= 0.3 is 0 Å². The fourth-order valence-electron chi connectivity index (χ4n) is 5.69. The number of rotatable bonds is 10. The van der Waals surface area contributed by atoms with Crippen LogP contribution in [0.25, 0.3) is 10.9 Å². The number of nitrogens with two attached hydrogens (primary N) is 1. The highest BCUT2D eigenvalue weighted by Crippen LogP contribution is 2.24. The van der Waals surface area contributed by atoms with E-state index in [1.54, 1.807) is 6.20 Å². The molecule has 2 saturated heterocycles. The summed E-state index contributed by atoms with van der Waals surface area (Å²) >= 11 is 0. The Bertz CT molecular complexity index is 1470. The molecule has 2 fully saturated rings. The van der Waals surface area contributed by atoms with Crippen LogP contribution in [0.3, 0.4) is 0 Å². The molecule has 12 nitrogen and oxygen atoms in total. The van der Waals surface area contributed by atoms with Crippen LogP contribution in [0.1, 0.15) is 24.8 Å². The number of hydrogen-bond acceptors (Lipinski definition) is 8. The zero-order valence-electron chi connectivity index (χ0n) is 23.7. The van der Waals surface area contributed by atoms with Gasteiger partial charge in [-0.15, -0.1) is 0 Å². The molecule has 4 amide bonds. The predicted molar refractivity (Wildman–Crippen MR) is 161 cm³/mol. The SMILES string of the molecule is NCC(=O)N[C@@H]1CN[C@H](C(=O)N2C[C@H](NC(=O)C(O)CCc3ccccc3)C[C@H]2C(=O)Nc2cnc3ccccc3c2)C1. The van der Waals surface area contributed by atoms with Crippen LogP contribution in [-0.4, -0.2) is 88.5 Å². The number of anilines is 1. The average molecular weight is 588 g/mol. The number of nitrogens with one attached hydrogen (secondary N) is 4. The minimum atomic E-state index is -1.23. The number of para-hydroxylation sites is 1. The van der Waals surface area contributed by atoms with E-state index in [-0.39, 0.29) is 43.8 Å².